The SMILES string of the molecule is NC(=O)c1ncc(-c2ccc(Br)cc2)c(OCCOc2ncc(Br)cn2)n1. The molecule has 27 heavy (non-hydrogen) atoms. The Balaban J connectivity index is 1.73. The molecule has 0 aliphatic heterocycles. The van der Waals surface area contributed by atoms with Crippen LogP contribution in [0.1, 0.15) is 10.6 Å². The molecule has 0 bridgehead atoms. The first-order valence-electron chi connectivity index (χ1n) is 7.69. The van der Waals surface area contributed by atoms with Crippen molar-refractivity contribution in [1.29, 1.82) is 0 Å². The Labute approximate surface area is 171 Å². The summed E-state index contributed by atoms with van der Waals surface area (Å²) in [6, 6.07) is 7.76. The molecule has 2 heterocycles. The van der Waals surface area contributed by atoms with Crippen molar-refractivity contribution in [1.82, 2.24) is 19.9 Å². The van der Waals surface area contributed by atoms with Crippen LogP contribution in [-0.4, -0.2) is 39.1 Å². The smallest absolute Gasteiger partial charge is 0.316 e. The van der Waals surface area contributed by atoms with Crippen LogP contribution in [0.5, 0.6) is 11.9 Å². The van der Waals surface area contributed by atoms with E-state index in [-0.39, 0.29) is 30.9 Å². The number of halogens is 2. The van der Waals surface area contributed by atoms with Crippen molar-refractivity contribution in [2.45, 2.75) is 0 Å². The summed E-state index contributed by atoms with van der Waals surface area (Å²) in [5.41, 5.74) is 6.73. The summed E-state index contributed by atoms with van der Waals surface area (Å²) < 4.78 is 12.8. The van der Waals surface area contributed by atoms with Gasteiger partial charge >= 0.3 is 6.01 Å². The van der Waals surface area contributed by atoms with Gasteiger partial charge in [-0.3, -0.25) is 4.79 Å². The lowest BCUT2D eigenvalue weighted by Crippen LogP contribution is -2.17. The fourth-order valence-electron chi connectivity index (χ4n) is 2.07. The summed E-state index contributed by atoms with van der Waals surface area (Å²) in [4.78, 5) is 27.5. The van der Waals surface area contributed by atoms with Crippen LogP contribution in [0, 0.1) is 0 Å². The normalized spacial score (nSPS) is 10.4. The maximum Gasteiger partial charge on any atom is 0.316 e. The predicted octanol–water partition coefficient (Wildman–Crippen LogP) is 3.02. The van der Waals surface area contributed by atoms with Gasteiger partial charge in [0.2, 0.25) is 11.7 Å². The Kier molecular flexibility index (Phi) is 6.30. The van der Waals surface area contributed by atoms with Crippen molar-refractivity contribution >= 4 is 37.8 Å². The molecule has 138 valence electrons. The summed E-state index contributed by atoms with van der Waals surface area (Å²) in [6.45, 7) is 0.357. The number of hydrogen-bond acceptors (Lipinski definition) is 7. The van der Waals surface area contributed by atoms with E-state index in [1.54, 1.807) is 12.4 Å². The van der Waals surface area contributed by atoms with Gasteiger partial charge in [-0.25, -0.2) is 15.0 Å². The topological polar surface area (TPSA) is 113 Å². The van der Waals surface area contributed by atoms with Crippen LogP contribution < -0.4 is 15.2 Å². The third kappa shape index (κ3) is 5.20. The first-order valence-corrected chi connectivity index (χ1v) is 9.27. The lowest BCUT2D eigenvalue weighted by Gasteiger charge is -2.11. The first kappa shape index (κ1) is 19.2. The number of nitrogens with zero attached hydrogens (tertiary/aromatic N) is 4. The number of rotatable bonds is 7. The number of carbonyl (C=O) groups is 1. The first-order chi connectivity index (χ1) is 13.0. The van der Waals surface area contributed by atoms with Gasteiger partial charge in [-0.15, -0.1) is 0 Å². The summed E-state index contributed by atoms with van der Waals surface area (Å²) in [5, 5.41) is 0. The van der Waals surface area contributed by atoms with Gasteiger partial charge in [0, 0.05) is 23.1 Å². The number of benzene rings is 1. The minimum absolute atomic E-state index is 0.122. The van der Waals surface area contributed by atoms with Crippen molar-refractivity contribution < 1.29 is 14.3 Å². The van der Waals surface area contributed by atoms with E-state index in [9.17, 15) is 4.79 Å². The van der Waals surface area contributed by atoms with E-state index < -0.39 is 5.91 Å². The second-order valence-corrected chi connectivity index (χ2v) is 7.00. The molecule has 0 saturated carbocycles. The Bertz CT molecular complexity index is 936. The molecule has 0 aliphatic rings. The largest absolute Gasteiger partial charge is 0.474 e. The van der Waals surface area contributed by atoms with Crippen LogP contribution in [0.15, 0.2) is 51.8 Å². The third-order valence-corrected chi connectivity index (χ3v) is 4.22. The molecule has 2 aromatic heterocycles. The fourth-order valence-corrected chi connectivity index (χ4v) is 2.54. The monoisotopic (exact) mass is 493 g/mol. The molecule has 0 fully saturated rings. The average Bonchev–Trinajstić information content (AvgIpc) is 2.67. The Morgan fingerprint density at radius 3 is 2.26 bits per heavy atom. The number of aromatic nitrogens is 4. The molecule has 8 nitrogen and oxygen atoms in total. The van der Waals surface area contributed by atoms with E-state index in [1.807, 2.05) is 24.3 Å². The predicted molar refractivity (Wildman–Crippen MR) is 104 cm³/mol. The fraction of sp³-hybridized carbons (Fsp3) is 0.118. The second-order valence-electron chi connectivity index (χ2n) is 5.16. The number of amides is 1. The van der Waals surface area contributed by atoms with E-state index in [0.717, 1.165) is 14.5 Å². The van der Waals surface area contributed by atoms with Crippen LogP contribution in [0.3, 0.4) is 0 Å². The zero-order valence-electron chi connectivity index (χ0n) is 13.8. The summed E-state index contributed by atoms with van der Waals surface area (Å²) >= 11 is 6.64. The highest BCUT2D eigenvalue weighted by Gasteiger charge is 2.14. The van der Waals surface area contributed by atoms with E-state index >= 15 is 0 Å². The average molecular weight is 495 g/mol. The zero-order valence-corrected chi connectivity index (χ0v) is 17.0. The van der Waals surface area contributed by atoms with Crippen LogP contribution in [0.2, 0.25) is 0 Å². The number of ether oxygens (including phenoxy) is 2. The lowest BCUT2D eigenvalue weighted by molar-refractivity contribution is 0.0989. The van der Waals surface area contributed by atoms with Crippen molar-refractivity contribution in [3.05, 3.63) is 57.6 Å². The van der Waals surface area contributed by atoms with E-state index in [2.05, 4.69) is 51.8 Å². The second kappa shape index (κ2) is 8.87. The number of primary amides is 1. The molecule has 1 amide bonds. The molecule has 0 radical (unpaired) electrons. The highest BCUT2D eigenvalue weighted by Crippen LogP contribution is 2.28. The van der Waals surface area contributed by atoms with E-state index in [0.29, 0.717) is 5.56 Å². The lowest BCUT2D eigenvalue weighted by atomic mass is 10.1. The van der Waals surface area contributed by atoms with Gasteiger partial charge in [-0.1, -0.05) is 28.1 Å². The van der Waals surface area contributed by atoms with E-state index in [1.165, 1.54) is 6.20 Å². The molecule has 0 atom stereocenters. The van der Waals surface area contributed by atoms with Gasteiger partial charge in [0.25, 0.3) is 5.91 Å². The van der Waals surface area contributed by atoms with Crippen LogP contribution in [-0.2, 0) is 0 Å². The minimum Gasteiger partial charge on any atom is -0.474 e. The van der Waals surface area contributed by atoms with Crippen molar-refractivity contribution in [2.24, 2.45) is 5.73 Å². The maximum atomic E-state index is 11.4. The Morgan fingerprint density at radius 2 is 1.59 bits per heavy atom. The van der Waals surface area contributed by atoms with Gasteiger partial charge in [-0.05, 0) is 33.6 Å². The molecule has 1 aromatic carbocycles. The molecule has 0 unspecified atom stereocenters. The summed E-state index contributed by atoms with van der Waals surface area (Å²) in [6.07, 6.45) is 4.67. The molecule has 0 aliphatic carbocycles. The molecule has 10 heteroatoms. The summed E-state index contributed by atoms with van der Waals surface area (Å²) in [5.74, 6) is -0.619. The minimum atomic E-state index is -0.735. The van der Waals surface area contributed by atoms with Crippen molar-refractivity contribution in [2.75, 3.05) is 13.2 Å². The Morgan fingerprint density at radius 1 is 0.926 bits per heavy atom. The van der Waals surface area contributed by atoms with Gasteiger partial charge in [0.15, 0.2) is 0 Å². The summed E-state index contributed by atoms with van der Waals surface area (Å²) in [7, 11) is 0. The van der Waals surface area contributed by atoms with Crippen molar-refractivity contribution in [3.8, 4) is 23.0 Å². The number of carbonyl (C=O) groups excluding carboxylic acids is 1. The molecular weight excluding hydrogens is 482 g/mol. The number of nitrogens with two attached hydrogens (primary N) is 1. The van der Waals surface area contributed by atoms with Gasteiger partial charge in [0.1, 0.15) is 13.2 Å². The highest BCUT2D eigenvalue weighted by molar-refractivity contribution is 9.10. The third-order valence-electron chi connectivity index (χ3n) is 3.28. The highest BCUT2D eigenvalue weighted by atomic mass is 79.9. The van der Waals surface area contributed by atoms with E-state index in [4.69, 9.17) is 15.2 Å². The molecule has 3 rings (SSSR count). The maximum absolute atomic E-state index is 11.4. The molecule has 3 aromatic rings. The van der Waals surface area contributed by atoms with Crippen molar-refractivity contribution in [3.63, 3.8) is 0 Å². The van der Waals surface area contributed by atoms with Crippen LogP contribution >= 0.6 is 31.9 Å². The van der Waals surface area contributed by atoms with Crippen LogP contribution in [0.25, 0.3) is 11.1 Å². The molecular formula is C17H13Br2N5O3. The number of hydrogen-bond donors (Lipinski definition) is 1. The zero-order chi connectivity index (χ0) is 19.2. The molecule has 0 saturated heterocycles. The van der Waals surface area contributed by atoms with Crippen LogP contribution in [0.4, 0.5) is 0 Å². The molecule has 2 N–H and O–H groups in total. The van der Waals surface area contributed by atoms with Gasteiger partial charge < -0.3 is 15.2 Å². The Hall–Kier alpha value is -2.59. The quantitative estimate of drug-likeness (QED) is 0.502. The van der Waals surface area contributed by atoms with Gasteiger partial charge in [-0.2, -0.15) is 4.98 Å². The standard InChI is InChI=1S/C17H13Br2N5O3/c18-11-3-1-10(2-4-11)13-9-21-15(14(20)25)24-16(13)26-5-6-27-17-22-7-12(19)8-23-17/h1-4,7-9H,5-6H2,(H2,20,25). The van der Waals surface area contributed by atoms with Gasteiger partial charge in [0.05, 0.1) is 10.0 Å². The molecule has 0 spiro atoms.